The Kier molecular flexibility index (Phi) is 4.66. The number of rotatable bonds is 5. The molecule has 2 N–H and O–H groups in total. The number of benzene rings is 1. The van der Waals surface area contributed by atoms with Crippen molar-refractivity contribution < 1.29 is 18.7 Å². The molecule has 4 nitrogen and oxygen atoms in total. The van der Waals surface area contributed by atoms with Crippen molar-refractivity contribution in [2.24, 2.45) is 0 Å². The van der Waals surface area contributed by atoms with Crippen molar-refractivity contribution in [2.75, 3.05) is 6.54 Å². The van der Waals surface area contributed by atoms with E-state index >= 15 is 0 Å². The van der Waals surface area contributed by atoms with E-state index in [0.717, 1.165) is 0 Å². The fraction of sp³-hybridized carbons (Fsp3) is 0.353. The van der Waals surface area contributed by atoms with Crippen LogP contribution in [0.5, 0.6) is 0 Å². The van der Waals surface area contributed by atoms with Crippen LogP contribution in [0.25, 0.3) is 0 Å². The summed E-state index contributed by atoms with van der Waals surface area (Å²) in [5, 5.41) is 13.0. The third-order valence-corrected chi connectivity index (χ3v) is 3.64. The first-order valence-corrected chi connectivity index (χ1v) is 7.12. The maximum Gasteiger partial charge on any atom is 0.227 e. The van der Waals surface area contributed by atoms with E-state index in [4.69, 9.17) is 4.42 Å². The normalized spacial score (nSPS) is 15.1. The van der Waals surface area contributed by atoms with Crippen LogP contribution in [-0.2, 0) is 10.4 Å². The van der Waals surface area contributed by atoms with Gasteiger partial charge in [-0.1, -0.05) is 18.2 Å². The van der Waals surface area contributed by atoms with Gasteiger partial charge in [0.05, 0.1) is 12.5 Å². The number of furan rings is 1. The number of carbonyl (C=O) groups excluding carboxylic acids is 1. The van der Waals surface area contributed by atoms with Gasteiger partial charge < -0.3 is 14.8 Å². The average Bonchev–Trinajstić information content (AvgIpc) is 2.92. The van der Waals surface area contributed by atoms with Crippen LogP contribution in [-0.4, -0.2) is 17.6 Å². The molecule has 0 saturated heterocycles. The first kappa shape index (κ1) is 16.2. The second-order valence-corrected chi connectivity index (χ2v) is 5.65. The minimum atomic E-state index is -1.32. The van der Waals surface area contributed by atoms with Crippen molar-refractivity contribution in [3.63, 3.8) is 0 Å². The summed E-state index contributed by atoms with van der Waals surface area (Å²) in [6.07, 6.45) is 0. The fourth-order valence-electron chi connectivity index (χ4n) is 2.19. The van der Waals surface area contributed by atoms with E-state index in [0.29, 0.717) is 17.1 Å². The Hall–Kier alpha value is -2.14. The summed E-state index contributed by atoms with van der Waals surface area (Å²) in [6.45, 7) is 4.94. The number of hydrogen-bond donors (Lipinski definition) is 2. The smallest absolute Gasteiger partial charge is 0.227 e. The molecule has 0 aliphatic rings. The maximum atomic E-state index is 13.7. The third kappa shape index (κ3) is 3.54. The lowest BCUT2D eigenvalue weighted by atomic mass is 9.98. The molecule has 0 radical (unpaired) electrons. The van der Waals surface area contributed by atoms with Crippen LogP contribution < -0.4 is 5.32 Å². The number of amides is 1. The molecule has 5 heteroatoms. The summed E-state index contributed by atoms with van der Waals surface area (Å²) in [5.41, 5.74) is -0.993. The van der Waals surface area contributed by atoms with Crippen LogP contribution >= 0.6 is 0 Å². The minimum Gasteiger partial charge on any atom is -0.463 e. The number of hydrogen-bond acceptors (Lipinski definition) is 3. The Morgan fingerprint density at radius 1 is 1.36 bits per heavy atom. The summed E-state index contributed by atoms with van der Waals surface area (Å²) in [6, 6.07) is 9.57. The van der Waals surface area contributed by atoms with E-state index in [1.165, 1.54) is 6.07 Å². The number of nitrogens with one attached hydrogen (secondary N) is 1. The lowest BCUT2D eigenvalue weighted by Crippen LogP contribution is -2.40. The average molecular weight is 305 g/mol. The first-order chi connectivity index (χ1) is 10.3. The molecule has 1 aromatic carbocycles. The summed E-state index contributed by atoms with van der Waals surface area (Å²) in [4.78, 5) is 12.2. The monoisotopic (exact) mass is 305 g/mol. The van der Waals surface area contributed by atoms with Gasteiger partial charge in [0.25, 0.3) is 0 Å². The van der Waals surface area contributed by atoms with E-state index in [1.807, 2.05) is 0 Å². The van der Waals surface area contributed by atoms with Crippen LogP contribution in [0.1, 0.15) is 36.8 Å². The SMILES string of the molecule is Cc1ccc(C(C)(O)CNC(=O)C(C)c2ccccc2F)o1. The Balaban J connectivity index is 2.02. The highest BCUT2D eigenvalue weighted by Gasteiger charge is 2.28. The Bertz CT molecular complexity index is 663. The van der Waals surface area contributed by atoms with Gasteiger partial charge in [0.15, 0.2) is 0 Å². The molecule has 22 heavy (non-hydrogen) atoms. The van der Waals surface area contributed by atoms with Crippen LogP contribution in [0.15, 0.2) is 40.8 Å². The molecule has 1 aromatic heterocycles. The van der Waals surface area contributed by atoms with E-state index < -0.39 is 17.3 Å². The molecule has 0 fully saturated rings. The second-order valence-electron chi connectivity index (χ2n) is 5.65. The van der Waals surface area contributed by atoms with Gasteiger partial charge in [-0.15, -0.1) is 0 Å². The largest absolute Gasteiger partial charge is 0.463 e. The predicted molar refractivity (Wildman–Crippen MR) is 80.8 cm³/mol. The summed E-state index contributed by atoms with van der Waals surface area (Å²) in [5.74, 6) is -0.354. The molecule has 0 aliphatic heterocycles. The van der Waals surface area contributed by atoms with Crippen LogP contribution in [0, 0.1) is 12.7 Å². The van der Waals surface area contributed by atoms with Gasteiger partial charge in [-0.2, -0.15) is 0 Å². The molecule has 2 aromatic rings. The van der Waals surface area contributed by atoms with Crippen LogP contribution in [0.4, 0.5) is 4.39 Å². The molecule has 2 atom stereocenters. The maximum absolute atomic E-state index is 13.7. The molecule has 0 aliphatic carbocycles. The van der Waals surface area contributed by atoms with Gasteiger partial charge in [0, 0.05) is 0 Å². The highest BCUT2D eigenvalue weighted by atomic mass is 19.1. The Morgan fingerprint density at radius 2 is 2.05 bits per heavy atom. The highest BCUT2D eigenvalue weighted by Crippen LogP contribution is 2.23. The summed E-state index contributed by atoms with van der Waals surface area (Å²) >= 11 is 0. The highest BCUT2D eigenvalue weighted by molar-refractivity contribution is 5.83. The quantitative estimate of drug-likeness (QED) is 0.893. The summed E-state index contributed by atoms with van der Waals surface area (Å²) < 4.78 is 19.1. The molecule has 118 valence electrons. The third-order valence-electron chi connectivity index (χ3n) is 3.64. The van der Waals surface area contributed by atoms with E-state index in [1.54, 1.807) is 51.1 Å². The lowest BCUT2D eigenvalue weighted by molar-refractivity contribution is -0.123. The number of aryl methyl sites for hydroxylation is 1. The zero-order valence-corrected chi connectivity index (χ0v) is 12.9. The van der Waals surface area contributed by atoms with Crippen molar-refractivity contribution in [2.45, 2.75) is 32.3 Å². The molecular weight excluding hydrogens is 285 g/mol. The van der Waals surface area contributed by atoms with Gasteiger partial charge in [0.2, 0.25) is 5.91 Å². The van der Waals surface area contributed by atoms with Gasteiger partial charge in [0.1, 0.15) is 22.9 Å². The molecule has 1 heterocycles. The second kappa shape index (κ2) is 6.32. The van der Waals surface area contributed by atoms with Gasteiger partial charge in [-0.05, 0) is 44.5 Å². The molecule has 1 amide bonds. The molecule has 0 bridgehead atoms. The van der Waals surface area contributed by atoms with Crippen molar-refractivity contribution in [3.05, 3.63) is 59.3 Å². The number of aliphatic hydroxyl groups is 1. The Morgan fingerprint density at radius 3 is 2.64 bits per heavy atom. The number of halogens is 1. The van der Waals surface area contributed by atoms with E-state index in [2.05, 4.69) is 5.32 Å². The summed E-state index contributed by atoms with van der Waals surface area (Å²) in [7, 11) is 0. The predicted octanol–water partition coefficient (Wildman–Crippen LogP) is 2.85. The van der Waals surface area contributed by atoms with Gasteiger partial charge in [-0.3, -0.25) is 4.79 Å². The van der Waals surface area contributed by atoms with E-state index in [9.17, 15) is 14.3 Å². The standard InChI is InChI=1S/C17H20FNO3/c1-11-8-9-15(22-11)17(3,21)10-19-16(20)12(2)13-6-4-5-7-14(13)18/h4-9,12,21H,10H2,1-3H3,(H,19,20). The van der Waals surface area contributed by atoms with Crippen LogP contribution in [0.3, 0.4) is 0 Å². The molecule has 0 spiro atoms. The molecular formula is C17H20FNO3. The lowest BCUT2D eigenvalue weighted by Gasteiger charge is -2.22. The van der Waals surface area contributed by atoms with Crippen molar-refractivity contribution in [3.8, 4) is 0 Å². The molecule has 2 rings (SSSR count). The van der Waals surface area contributed by atoms with Crippen molar-refractivity contribution in [1.82, 2.24) is 5.32 Å². The van der Waals surface area contributed by atoms with Crippen molar-refractivity contribution in [1.29, 1.82) is 0 Å². The minimum absolute atomic E-state index is 0.0163. The molecule has 0 saturated carbocycles. The Labute approximate surface area is 129 Å². The number of carbonyl (C=O) groups is 1. The van der Waals surface area contributed by atoms with E-state index in [-0.39, 0.29) is 12.5 Å². The van der Waals surface area contributed by atoms with Gasteiger partial charge >= 0.3 is 0 Å². The fourth-order valence-corrected chi connectivity index (χ4v) is 2.19. The van der Waals surface area contributed by atoms with Crippen LogP contribution in [0.2, 0.25) is 0 Å². The first-order valence-electron chi connectivity index (χ1n) is 7.12. The van der Waals surface area contributed by atoms with Crippen molar-refractivity contribution >= 4 is 5.91 Å². The zero-order chi connectivity index (χ0) is 16.3. The zero-order valence-electron chi connectivity index (χ0n) is 12.9. The van der Waals surface area contributed by atoms with Gasteiger partial charge in [-0.25, -0.2) is 4.39 Å². The topological polar surface area (TPSA) is 62.5 Å². The molecule has 2 unspecified atom stereocenters.